The van der Waals surface area contributed by atoms with E-state index in [1.807, 2.05) is 31.2 Å². The molecular weight excluding hydrogens is 283 g/mol. The van der Waals surface area contributed by atoms with Crippen molar-refractivity contribution in [2.45, 2.75) is 29.4 Å². The largest absolute Gasteiger partial charge is 0.417 e. The van der Waals surface area contributed by atoms with Gasteiger partial charge in [0, 0.05) is 16.3 Å². The Hall–Kier alpha value is -1.46. The van der Waals surface area contributed by atoms with Crippen molar-refractivity contribution in [3.05, 3.63) is 59.2 Å². The highest BCUT2D eigenvalue weighted by atomic mass is 32.2. The van der Waals surface area contributed by atoms with Crippen LogP contribution < -0.4 is 5.73 Å². The zero-order valence-electron chi connectivity index (χ0n) is 10.9. The van der Waals surface area contributed by atoms with Crippen molar-refractivity contribution in [3.8, 4) is 0 Å². The maximum atomic E-state index is 13.1. The van der Waals surface area contributed by atoms with Gasteiger partial charge < -0.3 is 5.73 Å². The van der Waals surface area contributed by atoms with Crippen LogP contribution in [0.2, 0.25) is 0 Å². The summed E-state index contributed by atoms with van der Waals surface area (Å²) < 4.78 is 39.3. The second-order valence-corrected chi connectivity index (χ2v) is 5.48. The van der Waals surface area contributed by atoms with E-state index in [-0.39, 0.29) is 11.4 Å². The summed E-state index contributed by atoms with van der Waals surface area (Å²) in [6.45, 7) is 1.97. The summed E-state index contributed by atoms with van der Waals surface area (Å²) in [6.07, 6.45) is -4.38. The van der Waals surface area contributed by atoms with Gasteiger partial charge in [-0.05, 0) is 36.2 Å². The Kier molecular flexibility index (Phi) is 4.40. The lowest BCUT2D eigenvalue weighted by molar-refractivity contribution is -0.139. The summed E-state index contributed by atoms with van der Waals surface area (Å²) in [4.78, 5) is 1.02. The topological polar surface area (TPSA) is 26.0 Å². The first-order valence-electron chi connectivity index (χ1n) is 6.05. The van der Waals surface area contributed by atoms with Gasteiger partial charge in [0.25, 0.3) is 0 Å². The number of rotatable bonds is 3. The van der Waals surface area contributed by atoms with E-state index in [4.69, 9.17) is 5.73 Å². The summed E-state index contributed by atoms with van der Waals surface area (Å²) in [5.74, 6) is 0. The molecule has 0 atom stereocenters. The predicted molar refractivity (Wildman–Crippen MR) is 74.6 cm³/mol. The van der Waals surface area contributed by atoms with E-state index in [2.05, 4.69) is 0 Å². The fourth-order valence-electron chi connectivity index (χ4n) is 1.80. The Balaban J connectivity index is 2.44. The van der Waals surface area contributed by atoms with Gasteiger partial charge >= 0.3 is 6.18 Å². The van der Waals surface area contributed by atoms with Crippen LogP contribution in [0.4, 0.5) is 13.2 Å². The van der Waals surface area contributed by atoms with Gasteiger partial charge in [0.15, 0.2) is 0 Å². The standard InChI is InChI=1S/C15H14F3NS/c1-10-4-2-3-5-13(10)20-14-7-6-11(9-19)8-12(14)15(16,17)18/h2-8H,9,19H2,1H3. The molecule has 0 amide bonds. The fourth-order valence-corrected chi connectivity index (χ4v) is 2.84. The molecule has 2 aromatic rings. The van der Waals surface area contributed by atoms with E-state index >= 15 is 0 Å². The van der Waals surface area contributed by atoms with Crippen LogP contribution in [0.15, 0.2) is 52.3 Å². The van der Waals surface area contributed by atoms with Crippen molar-refractivity contribution < 1.29 is 13.2 Å². The van der Waals surface area contributed by atoms with Crippen LogP contribution in [0.5, 0.6) is 0 Å². The van der Waals surface area contributed by atoms with Gasteiger partial charge in [-0.15, -0.1) is 0 Å². The van der Waals surface area contributed by atoms with Crippen molar-refractivity contribution >= 4 is 11.8 Å². The predicted octanol–water partition coefficient (Wildman–Crippen LogP) is 4.62. The molecule has 2 aromatic carbocycles. The summed E-state index contributed by atoms with van der Waals surface area (Å²) in [5.41, 5.74) is 6.21. The van der Waals surface area contributed by atoms with Crippen LogP contribution in [0, 0.1) is 6.92 Å². The minimum Gasteiger partial charge on any atom is -0.326 e. The first kappa shape index (κ1) is 14.9. The number of nitrogens with two attached hydrogens (primary N) is 1. The Labute approximate surface area is 120 Å². The molecule has 0 spiro atoms. The Morgan fingerprint density at radius 1 is 1.05 bits per heavy atom. The van der Waals surface area contributed by atoms with Crippen molar-refractivity contribution in [2.24, 2.45) is 5.73 Å². The molecule has 0 unspecified atom stereocenters. The van der Waals surface area contributed by atoms with Gasteiger partial charge in [-0.3, -0.25) is 0 Å². The molecule has 0 aliphatic carbocycles. The van der Waals surface area contributed by atoms with E-state index in [1.54, 1.807) is 6.07 Å². The van der Waals surface area contributed by atoms with Crippen LogP contribution in [0.3, 0.4) is 0 Å². The van der Waals surface area contributed by atoms with Crippen molar-refractivity contribution in [2.75, 3.05) is 0 Å². The summed E-state index contributed by atoms with van der Waals surface area (Å²) >= 11 is 1.13. The molecule has 0 fully saturated rings. The van der Waals surface area contributed by atoms with E-state index in [0.717, 1.165) is 28.3 Å². The Bertz CT molecular complexity index is 608. The second kappa shape index (κ2) is 5.89. The highest BCUT2D eigenvalue weighted by molar-refractivity contribution is 7.99. The van der Waals surface area contributed by atoms with E-state index < -0.39 is 11.7 Å². The van der Waals surface area contributed by atoms with Crippen molar-refractivity contribution in [3.63, 3.8) is 0 Å². The van der Waals surface area contributed by atoms with Gasteiger partial charge in [-0.25, -0.2) is 0 Å². The Morgan fingerprint density at radius 2 is 1.75 bits per heavy atom. The number of benzene rings is 2. The number of hydrogen-bond acceptors (Lipinski definition) is 2. The van der Waals surface area contributed by atoms with Crippen LogP contribution in [-0.2, 0) is 12.7 Å². The highest BCUT2D eigenvalue weighted by Crippen LogP contribution is 2.40. The first-order valence-corrected chi connectivity index (χ1v) is 6.87. The molecule has 0 radical (unpaired) electrons. The minimum absolute atomic E-state index is 0.0956. The molecule has 20 heavy (non-hydrogen) atoms. The third kappa shape index (κ3) is 3.35. The zero-order chi connectivity index (χ0) is 14.8. The smallest absolute Gasteiger partial charge is 0.326 e. The van der Waals surface area contributed by atoms with Crippen molar-refractivity contribution in [1.82, 2.24) is 0 Å². The fraction of sp³-hybridized carbons (Fsp3) is 0.200. The molecule has 1 nitrogen and oxygen atoms in total. The number of alkyl halides is 3. The summed E-state index contributed by atoms with van der Waals surface area (Å²) in [6, 6.07) is 11.6. The number of hydrogen-bond donors (Lipinski definition) is 1. The molecule has 2 N–H and O–H groups in total. The maximum Gasteiger partial charge on any atom is 0.417 e. The first-order chi connectivity index (χ1) is 9.41. The molecule has 0 aromatic heterocycles. The van der Waals surface area contributed by atoms with E-state index in [0.29, 0.717) is 5.56 Å². The van der Waals surface area contributed by atoms with E-state index in [1.165, 1.54) is 6.07 Å². The molecule has 0 heterocycles. The third-order valence-electron chi connectivity index (χ3n) is 2.90. The lowest BCUT2D eigenvalue weighted by Crippen LogP contribution is -2.09. The zero-order valence-corrected chi connectivity index (χ0v) is 11.7. The van der Waals surface area contributed by atoms with Gasteiger partial charge in [-0.2, -0.15) is 13.2 Å². The van der Waals surface area contributed by atoms with Crippen LogP contribution in [-0.4, -0.2) is 0 Å². The average Bonchev–Trinajstić information content (AvgIpc) is 2.40. The monoisotopic (exact) mass is 297 g/mol. The van der Waals surface area contributed by atoms with Crippen LogP contribution >= 0.6 is 11.8 Å². The number of aryl methyl sites for hydroxylation is 1. The molecule has 0 aliphatic heterocycles. The average molecular weight is 297 g/mol. The molecule has 0 bridgehead atoms. The SMILES string of the molecule is Cc1ccccc1Sc1ccc(CN)cc1C(F)(F)F. The normalized spacial score (nSPS) is 11.7. The van der Waals surface area contributed by atoms with Gasteiger partial charge in [0.2, 0.25) is 0 Å². The minimum atomic E-state index is -4.38. The molecule has 0 aliphatic rings. The highest BCUT2D eigenvalue weighted by Gasteiger charge is 2.33. The quantitative estimate of drug-likeness (QED) is 0.894. The number of halogens is 3. The Morgan fingerprint density at radius 3 is 2.35 bits per heavy atom. The third-order valence-corrected chi connectivity index (χ3v) is 4.15. The van der Waals surface area contributed by atoms with Crippen LogP contribution in [0.25, 0.3) is 0 Å². The molecule has 106 valence electrons. The molecule has 2 rings (SSSR count). The van der Waals surface area contributed by atoms with Gasteiger partial charge in [0.05, 0.1) is 5.56 Å². The summed E-state index contributed by atoms with van der Waals surface area (Å²) in [5, 5.41) is 0. The molecule has 5 heteroatoms. The lowest BCUT2D eigenvalue weighted by atomic mass is 10.1. The van der Waals surface area contributed by atoms with Crippen molar-refractivity contribution in [1.29, 1.82) is 0 Å². The molecule has 0 saturated heterocycles. The maximum absolute atomic E-state index is 13.1. The lowest BCUT2D eigenvalue weighted by Gasteiger charge is -2.14. The molecule has 0 saturated carbocycles. The van der Waals surface area contributed by atoms with E-state index in [9.17, 15) is 13.2 Å². The summed E-state index contributed by atoms with van der Waals surface area (Å²) in [7, 11) is 0. The van der Waals surface area contributed by atoms with Gasteiger partial charge in [0.1, 0.15) is 0 Å². The van der Waals surface area contributed by atoms with Crippen LogP contribution in [0.1, 0.15) is 16.7 Å². The second-order valence-electron chi connectivity index (χ2n) is 4.40. The van der Waals surface area contributed by atoms with Gasteiger partial charge in [-0.1, -0.05) is 36.0 Å². The molecular formula is C15H14F3NS.